The van der Waals surface area contributed by atoms with Crippen molar-refractivity contribution in [2.24, 2.45) is 0 Å². The van der Waals surface area contributed by atoms with Crippen LogP contribution in [0.1, 0.15) is 50.7 Å². The van der Waals surface area contributed by atoms with Crippen LogP contribution in [0, 0.1) is 0 Å². The molecule has 1 rings (SSSR count). The summed E-state index contributed by atoms with van der Waals surface area (Å²) in [6.45, 7) is 6.81. The van der Waals surface area contributed by atoms with Crippen LogP contribution in [0.5, 0.6) is 0 Å². The van der Waals surface area contributed by atoms with Crippen molar-refractivity contribution in [3.05, 3.63) is 29.3 Å². The Morgan fingerprint density at radius 1 is 0.960 bits per heavy atom. The van der Waals surface area contributed by atoms with E-state index in [0.29, 0.717) is 11.6 Å². The Bertz CT molecular complexity index is 624. The van der Waals surface area contributed by atoms with Gasteiger partial charge in [0.2, 0.25) is 5.91 Å². The highest BCUT2D eigenvalue weighted by Gasteiger charge is 2.18. The van der Waals surface area contributed by atoms with Gasteiger partial charge in [0.1, 0.15) is 0 Å². The van der Waals surface area contributed by atoms with Crippen molar-refractivity contribution >= 4 is 23.5 Å². The zero-order valence-corrected chi connectivity index (χ0v) is 15.1. The van der Waals surface area contributed by atoms with Crippen LogP contribution in [-0.2, 0) is 14.4 Å². The van der Waals surface area contributed by atoms with Gasteiger partial charge in [-0.15, -0.1) is 0 Å². The second-order valence-electron chi connectivity index (χ2n) is 6.64. The van der Waals surface area contributed by atoms with Crippen LogP contribution in [0.15, 0.2) is 18.2 Å². The van der Waals surface area contributed by atoms with Crippen molar-refractivity contribution in [1.29, 1.82) is 0 Å². The SMILES string of the molecule is CC(C)c1ccc(C(C)C)c(NC(=O)CN(CC(=O)O)CC(=O)O)c1. The van der Waals surface area contributed by atoms with Gasteiger partial charge in [-0.1, -0.05) is 39.8 Å². The predicted molar refractivity (Wildman–Crippen MR) is 95.0 cm³/mol. The summed E-state index contributed by atoms with van der Waals surface area (Å²) in [5.74, 6) is -2.30. The van der Waals surface area contributed by atoms with E-state index >= 15 is 0 Å². The van der Waals surface area contributed by atoms with Gasteiger partial charge in [0.25, 0.3) is 0 Å². The van der Waals surface area contributed by atoms with Crippen LogP contribution in [0.2, 0.25) is 0 Å². The number of benzene rings is 1. The quantitative estimate of drug-likeness (QED) is 0.631. The molecule has 3 N–H and O–H groups in total. The highest BCUT2D eigenvalue weighted by atomic mass is 16.4. The lowest BCUT2D eigenvalue weighted by atomic mass is 9.95. The van der Waals surface area contributed by atoms with E-state index in [1.807, 2.05) is 32.0 Å². The van der Waals surface area contributed by atoms with Gasteiger partial charge < -0.3 is 15.5 Å². The van der Waals surface area contributed by atoms with Crippen molar-refractivity contribution in [2.45, 2.75) is 39.5 Å². The molecule has 25 heavy (non-hydrogen) atoms. The minimum atomic E-state index is -1.18. The molecule has 1 amide bonds. The van der Waals surface area contributed by atoms with Gasteiger partial charge in [-0.3, -0.25) is 19.3 Å². The predicted octanol–water partition coefficient (Wildman–Crippen LogP) is 2.34. The molecule has 0 spiro atoms. The summed E-state index contributed by atoms with van der Waals surface area (Å²) in [5.41, 5.74) is 2.73. The number of hydrogen-bond donors (Lipinski definition) is 3. The number of nitrogens with one attached hydrogen (secondary N) is 1. The van der Waals surface area contributed by atoms with E-state index in [4.69, 9.17) is 10.2 Å². The van der Waals surface area contributed by atoms with Crippen molar-refractivity contribution < 1.29 is 24.6 Å². The average molecular weight is 350 g/mol. The molecule has 0 saturated heterocycles. The lowest BCUT2D eigenvalue weighted by Crippen LogP contribution is -2.40. The molecule has 0 aromatic heterocycles. The maximum absolute atomic E-state index is 12.3. The molecule has 0 heterocycles. The molecule has 7 heteroatoms. The highest BCUT2D eigenvalue weighted by molar-refractivity contribution is 5.93. The Morgan fingerprint density at radius 3 is 1.96 bits per heavy atom. The van der Waals surface area contributed by atoms with Crippen LogP contribution in [0.3, 0.4) is 0 Å². The number of amides is 1. The normalized spacial score (nSPS) is 11.2. The van der Waals surface area contributed by atoms with Gasteiger partial charge in [-0.25, -0.2) is 0 Å². The van der Waals surface area contributed by atoms with Gasteiger partial charge in [0.15, 0.2) is 0 Å². The lowest BCUT2D eigenvalue weighted by molar-refractivity contribution is -0.142. The van der Waals surface area contributed by atoms with E-state index in [1.165, 1.54) is 0 Å². The molecule has 138 valence electrons. The van der Waals surface area contributed by atoms with E-state index in [0.717, 1.165) is 16.0 Å². The number of carbonyl (C=O) groups excluding carboxylic acids is 1. The Balaban J connectivity index is 2.94. The smallest absolute Gasteiger partial charge is 0.317 e. The van der Waals surface area contributed by atoms with Crippen LogP contribution < -0.4 is 5.32 Å². The molecule has 0 saturated carbocycles. The Hall–Kier alpha value is -2.41. The number of aliphatic carboxylic acids is 2. The fourth-order valence-corrected chi connectivity index (χ4v) is 2.49. The number of nitrogens with zero attached hydrogens (tertiary/aromatic N) is 1. The highest BCUT2D eigenvalue weighted by Crippen LogP contribution is 2.28. The largest absolute Gasteiger partial charge is 0.480 e. The number of anilines is 1. The molecule has 0 unspecified atom stereocenters. The molecular formula is C18H26N2O5. The first-order chi connectivity index (χ1) is 11.6. The Labute approximate surface area is 147 Å². The Morgan fingerprint density at radius 2 is 1.52 bits per heavy atom. The van der Waals surface area contributed by atoms with Gasteiger partial charge in [-0.05, 0) is 29.0 Å². The van der Waals surface area contributed by atoms with Gasteiger partial charge in [-0.2, -0.15) is 0 Å². The average Bonchev–Trinajstić information content (AvgIpc) is 2.44. The zero-order chi connectivity index (χ0) is 19.1. The molecular weight excluding hydrogens is 324 g/mol. The third kappa shape index (κ3) is 6.93. The molecule has 0 bridgehead atoms. The topological polar surface area (TPSA) is 107 Å². The second-order valence-corrected chi connectivity index (χ2v) is 6.64. The molecule has 0 aliphatic carbocycles. The van der Waals surface area contributed by atoms with E-state index in [1.54, 1.807) is 0 Å². The minimum Gasteiger partial charge on any atom is -0.480 e. The zero-order valence-electron chi connectivity index (χ0n) is 15.1. The number of hydrogen-bond acceptors (Lipinski definition) is 4. The lowest BCUT2D eigenvalue weighted by Gasteiger charge is -2.20. The third-order valence-electron chi connectivity index (χ3n) is 3.73. The van der Waals surface area contributed by atoms with Gasteiger partial charge in [0, 0.05) is 5.69 Å². The number of carboxylic acids is 2. The first-order valence-electron chi connectivity index (χ1n) is 8.19. The van der Waals surface area contributed by atoms with E-state index in [9.17, 15) is 14.4 Å². The molecule has 0 aliphatic rings. The maximum Gasteiger partial charge on any atom is 0.317 e. The molecule has 0 fully saturated rings. The summed E-state index contributed by atoms with van der Waals surface area (Å²) in [7, 11) is 0. The number of carbonyl (C=O) groups is 3. The second kappa shape index (κ2) is 9.17. The third-order valence-corrected chi connectivity index (χ3v) is 3.73. The summed E-state index contributed by atoms with van der Waals surface area (Å²) >= 11 is 0. The van der Waals surface area contributed by atoms with Crippen molar-refractivity contribution in [1.82, 2.24) is 4.90 Å². The summed E-state index contributed by atoms with van der Waals surface area (Å²) in [4.78, 5) is 35.0. The first kappa shape index (κ1) is 20.6. The van der Waals surface area contributed by atoms with E-state index in [2.05, 4.69) is 19.2 Å². The summed E-state index contributed by atoms with van der Waals surface area (Å²) < 4.78 is 0. The monoisotopic (exact) mass is 350 g/mol. The van der Waals surface area contributed by atoms with Crippen molar-refractivity contribution in [2.75, 3.05) is 25.0 Å². The van der Waals surface area contributed by atoms with E-state index in [-0.39, 0.29) is 12.5 Å². The molecule has 1 aromatic rings. The van der Waals surface area contributed by atoms with Crippen molar-refractivity contribution in [3.63, 3.8) is 0 Å². The number of carboxylic acid groups (broad SMARTS) is 2. The van der Waals surface area contributed by atoms with Gasteiger partial charge >= 0.3 is 11.9 Å². The molecule has 0 atom stereocenters. The van der Waals surface area contributed by atoms with Gasteiger partial charge in [0.05, 0.1) is 19.6 Å². The maximum atomic E-state index is 12.3. The fourth-order valence-electron chi connectivity index (χ4n) is 2.49. The number of rotatable bonds is 9. The molecule has 1 aromatic carbocycles. The minimum absolute atomic E-state index is 0.200. The van der Waals surface area contributed by atoms with Crippen LogP contribution in [0.25, 0.3) is 0 Å². The van der Waals surface area contributed by atoms with Crippen LogP contribution >= 0.6 is 0 Å². The summed E-state index contributed by atoms with van der Waals surface area (Å²) in [6.07, 6.45) is 0. The molecule has 7 nitrogen and oxygen atoms in total. The molecule has 0 radical (unpaired) electrons. The fraction of sp³-hybridized carbons (Fsp3) is 0.500. The first-order valence-corrected chi connectivity index (χ1v) is 8.19. The summed E-state index contributed by atoms with van der Waals surface area (Å²) in [6, 6.07) is 5.91. The van der Waals surface area contributed by atoms with Crippen LogP contribution in [-0.4, -0.2) is 52.6 Å². The standard InChI is InChI=1S/C18H26N2O5/c1-11(2)13-5-6-14(12(3)4)15(7-13)19-16(21)8-20(9-17(22)23)10-18(24)25/h5-7,11-12H,8-10H2,1-4H3,(H,19,21)(H,22,23)(H,24,25). The molecule has 0 aliphatic heterocycles. The van der Waals surface area contributed by atoms with E-state index < -0.39 is 30.9 Å². The Kier molecular flexibility index (Phi) is 7.57. The van der Waals surface area contributed by atoms with Crippen molar-refractivity contribution in [3.8, 4) is 0 Å². The van der Waals surface area contributed by atoms with Crippen LogP contribution in [0.4, 0.5) is 5.69 Å². The summed E-state index contributed by atoms with van der Waals surface area (Å²) in [5, 5.41) is 20.5.